The van der Waals surface area contributed by atoms with E-state index >= 15 is 0 Å². The largest absolute Gasteiger partial charge is 0.390 e. The van der Waals surface area contributed by atoms with Gasteiger partial charge in [0.25, 0.3) is 0 Å². The molecule has 3 N–H and O–H groups in total. The van der Waals surface area contributed by atoms with Crippen molar-refractivity contribution in [1.29, 1.82) is 0 Å². The van der Waals surface area contributed by atoms with Crippen molar-refractivity contribution in [3.63, 3.8) is 0 Å². The summed E-state index contributed by atoms with van der Waals surface area (Å²) < 4.78 is 5.29. The molecule has 6 nitrogen and oxygen atoms in total. The number of aliphatic hydroxyl groups excluding tert-OH is 2. The number of aryl methyl sites for hydroxylation is 1. The summed E-state index contributed by atoms with van der Waals surface area (Å²) in [5.41, 5.74) is 2.55. The van der Waals surface area contributed by atoms with Gasteiger partial charge in [0.2, 0.25) is 5.91 Å². The number of hydrogen-bond donors (Lipinski definition) is 3. The molecule has 1 amide bonds. The quantitative estimate of drug-likeness (QED) is 0.721. The van der Waals surface area contributed by atoms with E-state index in [0.717, 1.165) is 19.3 Å². The number of amides is 1. The standard InChI is InChI=1S/C19H28N2O4/c1-21(9-14-11-25-12-17(22)19(14)24)10-18(23)20-16-8-4-6-13-5-2-3-7-15(13)16/h2-3,5,7,14,16-17,19,22,24H,4,6,8-12H2,1H3,(H,20,23)/t14-,16+,17-,19+/m1/s1. The molecule has 2 aliphatic rings. The van der Waals surface area contributed by atoms with Crippen LogP contribution in [-0.4, -0.2) is 66.6 Å². The van der Waals surface area contributed by atoms with E-state index in [4.69, 9.17) is 4.74 Å². The van der Waals surface area contributed by atoms with Gasteiger partial charge in [-0.15, -0.1) is 0 Å². The van der Waals surface area contributed by atoms with Gasteiger partial charge in [0.05, 0.1) is 31.9 Å². The Morgan fingerprint density at radius 3 is 2.96 bits per heavy atom. The first-order valence-corrected chi connectivity index (χ1v) is 9.04. The molecule has 1 aromatic carbocycles. The van der Waals surface area contributed by atoms with Crippen molar-refractivity contribution in [2.45, 2.75) is 37.5 Å². The highest BCUT2D eigenvalue weighted by Crippen LogP contribution is 2.29. The second-order valence-corrected chi connectivity index (χ2v) is 7.26. The molecule has 0 unspecified atom stereocenters. The molecule has 1 aliphatic heterocycles. The molecule has 3 rings (SSSR count). The zero-order valence-electron chi connectivity index (χ0n) is 14.7. The molecular weight excluding hydrogens is 320 g/mol. The van der Waals surface area contributed by atoms with Gasteiger partial charge in [-0.2, -0.15) is 0 Å². The number of ether oxygens (including phenoxy) is 1. The van der Waals surface area contributed by atoms with Crippen LogP contribution >= 0.6 is 0 Å². The highest BCUT2D eigenvalue weighted by Gasteiger charge is 2.32. The lowest BCUT2D eigenvalue weighted by Crippen LogP contribution is -2.49. The molecule has 1 fully saturated rings. The number of rotatable bonds is 5. The molecule has 0 spiro atoms. The minimum absolute atomic E-state index is 0.0176. The fourth-order valence-corrected chi connectivity index (χ4v) is 3.87. The Morgan fingerprint density at radius 2 is 2.12 bits per heavy atom. The zero-order chi connectivity index (χ0) is 17.8. The first-order valence-electron chi connectivity index (χ1n) is 9.04. The van der Waals surface area contributed by atoms with Crippen molar-refractivity contribution in [1.82, 2.24) is 10.2 Å². The average molecular weight is 348 g/mol. The smallest absolute Gasteiger partial charge is 0.234 e. The Hall–Kier alpha value is -1.47. The first kappa shape index (κ1) is 18.3. The maximum Gasteiger partial charge on any atom is 0.234 e. The summed E-state index contributed by atoms with van der Waals surface area (Å²) in [6.07, 6.45) is 1.48. The Labute approximate surface area is 148 Å². The number of likely N-dealkylation sites (N-methyl/N-ethyl adjacent to an activating group) is 1. The van der Waals surface area contributed by atoms with Gasteiger partial charge in [0.15, 0.2) is 0 Å². The third-order valence-electron chi connectivity index (χ3n) is 5.16. The van der Waals surface area contributed by atoms with Crippen molar-refractivity contribution in [2.24, 2.45) is 5.92 Å². The van der Waals surface area contributed by atoms with Crippen LogP contribution in [0, 0.1) is 5.92 Å². The minimum Gasteiger partial charge on any atom is -0.390 e. The van der Waals surface area contributed by atoms with Crippen LogP contribution in [0.3, 0.4) is 0 Å². The highest BCUT2D eigenvalue weighted by molar-refractivity contribution is 5.78. The molecule has 0 radical (unpaired) electrons. The van der Waals surface area contributed by atoms with E-state index in [-0.39, 0.29) is 31.0 Å². The van der Waals surface area contributed by atoms with Gasteiger partial charge >= 0.3 is 0 Å². The van der Waals surface area contributed by atoms with Crippen molar-refractivity contribution in [3.05, 3.63) is 35.4 Å². The highest BCUT2D eigenvalue weighted by atomic mass is 16.5. The summed E-state index contributed by atoms with van der Waals surface area (Å²) in [6.45, 7) is 1.34. The van der Waals surface area contributed by atoms with Gasteiger partial charge in [0.1, 0.15) is 6.10 Å². The molecular formula is C19H28N2O4. The summed E-state index contributed by atoms with van der Waals surface area (Å²) in [5.74, 6) is -0.201. The second kappa shape index (κ2) is 8.27. The van der Waals surface area contributed by atoms with E-state index in [9.17, 15) is 15.0 Å². The van der Waals surface area contributed by atoms with Gasteiger partial charge in [-0.25, -0.2) is 0 Å². The van der Waals surface area contributed by atoms with Crippen LogP contribution in [0.15, 0.2) is 24.3 Å². The molecule has 25 heavy (non-hydrogen) atoms. The third-order valence-corrected chi connectivity index (χ3v) is 5.16. The Morgan fingerprint density at radius 1 is 1.32 bits per heavy atom. The van der Waals surface area contributed by atoms with E-state index < -0.39 is 12.2 Å². The lowest BCUT2D eigenvalue weighted by atomic mass is 9.88. The number of aliphatic hydroxyl groups is 2. The van der Waals surface area contributed by atoms with Crippen molar-refractivity contribution in [3.8, 4) is 0 Å². The van der Waals surface area contributed by atoms with Crippen molar-refractivity contribution in [2.75, 3.05) is 33.4 Å². The van der Waals surface area contributed by atoms with Gasteiger partial charge in [0, 0.05) is 12.5 Å². The maximum atomic E-state index is 12.4. The lowest BCUT2D eigenvalue weighted by molar-refractivity contribution is -0.130. The summed E-state index contributed by atoms with van der Waals surface area (Å²) in [6, 6.07) is 8.38. The topological polar surface area (TPSA) is 82.0 Å². The molecule has 1 saturated heterocycles. The number of hydrogen-bond acceptors (Lipinski definition) is 5. The minimum atomic E-state index is -0.847. The summed E-state index contributed by atoms with van der Waals surface area (Å²) in [7, 11) is 1.85. The van der Waals surface area contributed by atoms with Crippen LogP contribution in [0.25, 0.3) is 0 Å². The van der Waals surface area contributed by atoms with Crippen LogP contribution < -0.4 is 5.32 Å². The molecule has 6 heteroatoms. The van der Waals surface area contributed by atoms with Crippen molar-refractivity contribution >= 4 is 5.91 Å². The number of nitrogens with one attached hydrogen (secondary N) is 1. The zero-order valence-corrected chi connectivity index (χ0v) is 14.7. The Kier molecular flexibility index (Phi) is 6.06. The number of carbonyl (C=O) groups is 1. The first-order chi connectivity index (χ1) is 12.0. The predicted octanol–water partition coefficient (Wildman–Crippen LogP) is 0.480. The predicted molar refractivity (Wildman–Crippen MR) is 94.1 cm³/mol. The number of nitrogens with zero attached hydrogens (tertiary/aromatic N) is 1. The van der Waals surface area contributed by atoms with Crippen LogP contribution in [0.1, 0.15) is 30.0 Å². The van der Waals surface area contributed by atoms with Crippen LogP contribution in [0.4, 0.5) is 0 Å². The van der Waals surface area contributed by atoms with Crippen molar-refractivity contribution < 1.29 is 19.7 Å². The van der Waals surface area contributed by atoms with E-state index in [0.29, 0.717) is 13.2 Å². The lowest BCUT2D eigenvalue weighted by Gasteiger charge is -2.34. The average Bonchev–Trinajstić information content (AvgIpc) is 2.59. The monoisotopic (exact) mass is 348 g/mol. The van der Waals surface area contributed by atoms with Gasteiger partial charge in [-0.1, -0.05) is 24.3 Å². The van der Waals surface area contributed by atoms with Gasteiger partial charge in [-0.3, -0.25) is 9.69 Å². The van der Waals surface area contributed by atoms with E-state index in [1.165, 1.54) is 11.1 Å². The fourth-order valence-electron chi connectivity index (χ4n) is 3.87. The summed E-state index contributed by atoms with van der Waals surface area (Å²) in [4.78, 5) is 14.3. The summed E-state index contributed by atoms with van der Waals surface area (Å²) in [5, 5.41) is 22.9. The van der Waals surface area contributed by atoms with Crippen LogP contribution in [0.2, 0.25) is 0 Å². The van der Waals surface area contributed by atoms with Crippen LogP contribution in [0.5, 0.6) is 0 Å². The molecule has 0 bridgehead atoms. The fraction of sp³-hybridized carbons (Fsp3) is 0.632. The molecule has 1 aromatic rings. The normalized spacial score (nSPS) is 29.3. The van der Waals surface area contributed by atoms with Gasteiger partial charge in [-0.05, 0) is 37.4 Å². The SMILES string of the molecule is CN(CC(=O)N[C@H]1CCCc2ccccc21)C[C@@H]1COC[C@@H](O)[C@H]1O. The Balaban J connectivity index is 1.51. The molecule has 4 atom stereocenters. The molecule has 138 valence electrons. The number of benzene rings is 1. The van der Waals surface area contributed by atoms with Gasteiger partial charge < -0.3 is 20.3 Å². The molecule has 1 aliphatic carbocycles. The third kappa shape index (κ3) is 4.58. The van der Waals surface area contributed by atoms with E-state index in [2.05, 4.69) is 17.4 Å². The van der Waals surface area contributed by atoms with Crippen LogP contribution in [-0.2, 0) is 16.0 Å². The number of carbonyl (C=O) groups excluding carboxylic acids is 1. The Bertz CT molecular complexity index is 595. The molecule has 1 heterocycles. The van der Waals surface area contributed by atoms with E-state index in [1.54, 1.807) is 0 Å². The number of fused-ring (bicyclic) bond motifs is 1. The van der Waals surface area contributed by atoms with E-state index in [1.807, 2.05) is 24.1 Å². The molecule has 0 aromatic heterocycles. The second-order valence-electron chi connectivity index (χ2n) is 7.26. The summed E-state index contributed by atoms with van der Waals surface area (Å²) >= 11 is 0. The molecule has 0 saturated carbocycles. The maximum absolute atomic E-state index is 12.4.